The molecular formula is C18H17N5O2. The minimum absolute atomic E-state index is 0.205. The quantitative estimate of drug-likeness (QED) is 0.536. The Kier molecular flexibility index (Phi) is 3.42. The fourth-order valence-electron chi connectivity index (χ4n) is 2.90. The Hall–Kier alpha value is -3.35. The molecule has 0 aliphatic rings. The first-order chi connectivity index (χ1) is 12.0. The molecular weight excluding hydrogens is 318 g/mol. The maximum absolute atomic E-state index is 12.5. The highest BCUT2D eigenvalue weighted by atomic mass is 16.2. The van der Waals surface area contributed by atoms with Gasteiger partial charge in [-0.2, -0.15) is 0 Å². The zero-order chi connectivity index (χ0) is 17.6. The second-order valence-corrected chi connectivity index (χ2v) is 6.06. The number of H-pyrrole nitrogens is 2. The number of hydrogen-bond acceptors (Lipinski definition) is 3. The number of carbonyl (C=O) groups is 1. The van der Waals surface area contributed by atoms with E-state index in [1.165, 1.54) is 4.57 Å². The smallest absolute Gasteiger partial charge is 0.326 e. The number of hydrogen-bond donors (Lipinski definition) is 3. The Bertz CT molecular complexity index is 1120. The van der Waals surface area contributed by atoms with E-state index in [2.05, 4.69) is 20.3 Å². The zero-order valence-electron chi connectivity index (χ0n) is 13.8. The lowest BCUT2D eigenvalue weighted by Gasteiger charge is -2.11. The van der Waals surface area contributed by atoms with Gasteiger partial charge >= 0.3 is 5.69 Å². The van der Waals surface area contributed by atoms with E-state index in [0.717, 1.165) is 16.6 Å². The van der Waals surface area contributed by atoms with Crippen molar-refractivity contribution in [1.82, 2.24) is 24.8 Å². The van der Waals surface area contributed by atoms with Crippen LogP contribution in [-0.4, -0.2) is 25.4 Å². The van der Waals surface area contributed by atoms with Crippen molar-refractivity contribution in [3.8, 4) is 0 Å². The van der Waals surface area contributed by atoms with Crippen molar-refractivity contribution in [2.45, 2.75) is 13.0 Å². The lowest BCUT2D eigenvalue weighted by atomic mass is 10.1. The summed E-state index contributed by atoms with van der Waals surface area (Å²) in [5, 5.41) is 2.93. The maximum Gasteiger partial charge on any atom is 0.326 e. The van der Waals surface area contributed by atoms with Crippen LogP contribution in [0.1, 0.15) is 29.1 Å². The van der Waals surface area contributed by atoms with E-state index < -0.39 is 0 Å². The molecule has 0 bridgehead atoms. The first kappa shape index (κ1) is 15.2. The number of aryl methyl sites for hydroxylation is 1. The highest BCUT2D eigenvalue weighted by molar-refractivity contribution is 5.97. The third kappa shape index (κ3) is 2.59. The molecule has 7 nitrogen and oxygen atoms in total. The Balaban J connectivity index is 1.59. The van der Waals surface area contributed by atoms with Crippen molar-refractivity contribution < 1.29 is 4.79 Å². The molecule has 1 atom stereocenters. The summed E-state index contributed by atoms with van der Waals surface area (Å²) in [6, 6.07) is 12.6. The fourth-order valence-corrected chi connectivity index (χ4v) is 2.90. The summed E-state index contributed by atoms with van der Waals surface area (Å²) >= 11 is 0. The molecule has 0 spiro atoms. The van der Waals surface area contributed by atoms with Gasteiger partial charge in [0.2, 0.25) is 0 Å². The van der Waals surface area contributed by atoms with E-state index in [0.29, 0.717) is 16.9 Å². The summed E-state index contributed by atoms with van der Waals surface area (Å²) in [7, 11) is 1.69. The fraction of sp³-hybridized carbons (Fsp3) is 0.167. The Morgan fingerprint density at radius 3 is 2.76 bits per heavy atom. The van der Waals surface area contributed by atoms with Crippen LogP contribution < -0.4 is 11.0 Å². The number of rotatable bonds is 3. The number of para-hydroxylation sites is 2. The molecule has 126 valence electrons. The lowest BCUT2D eigenvalue weighted by Crippen LogP contribution is -2.27. The molecule has 4 aromatic rings. The number of nitrogens with one attached hydrogen (secondary N) is 3. The number of nitrogens with zero attached hydrogens (tertiary/aromatic N) is 2. The Morgan fingerprint density at radius 2 is 1.96 bits per heavy atom. The summed E-state index contributed by atoms with van der Waals surface area (Å²) in [6.45, 7) is 1.87. The molecule has 2 heterocycles. The largest absolute Gasteiger partial charge is 0.342 e. The number of fused-ring (bicyclic) bond motifs is 2. The van der Waals surface area contributed by atoms with Crippen LogP contribution in [0.4, 0.5) is 0 Å². The third-order valence-electron chi connectivity index (χ3n) is 4.33. The molecule has 25 heavy (non-hydrogen) atoms. The number of imidazole rings is 2. The van der Waals surface area contributed by atoms with E-state index >= 15 is 0 Å². The monoisotopic (exact) mass is 335 g/mol. The van der Waals surface area contributed by atoms with Crippen molar-refractivity contribution in [3.05, 3.63) is 64.3 Å². The number of benzene rings is 2. The van der Waals surface area contributed by atoms with Crippen LogP contribution in [0.15, 0.2) is 47.3 Å². The average Bonchev–Trinajstić information content (AvgIpc) is 3.16. The van der Waals surface area contributed by atoms with Crippen LogP contribution in [0.2, 0.25) is 0 Å². The zero-order valence-corrected chi connectivity index (χ0v) is 13.8. The van der Waals surface area contributed by atoms with Gasteiger partial charge in [0.1, 0.15) is 5.82 Å². The highest BCUT2D eigenvalue weighted by Crippen LogP contribution is 2.17. The van der Waals surface area contributed by atoms with Gasteiger partial charge < -0.3 is 15.3 Å². The van der Waals surface area contributed by atoms with E-state index in [4.69, 9.17) is 0 Å². The minimum atomic E-state index is -0.273. The highest BCUT2D eigenvalue weighted by Gasteiger charge is 2.15. The molecule has 0 saturated carbocycles. The summed E-state index contributed by atoms with van der Waals surface area (Å²) in [5.74, 6) is 0.475. The molecule has 0 fully saturated rings. The summed E-state index contributed by atoms with van der Waals surface area (Å²) in [6.07, 6.45) is 0. The molecule has 0 radical (unpaired) electrons. The van der Waals surface area contributed by atoms with Crippen LogP contribution in [0.25, 0.3) is 22.1 Å². The molecule has 0 aliphatic carbocycles. The normalized spacial score (nSPS) is 12.6. The number of aromatic nitrogens is 4. The van der Waals surface area contributed by atoms with E-state index in [1.54, 1.807) is 25.2 Å². The lowest BCUT2D eigenvalue weighted by molar-refractivity contribution is 0.0938. The molecule has 1 amide bonds. The minimum Gasteiger partial charge on any atom is -0.342 e. The SMILES string of the molecule is C[C@H](NC(=O)c1ccc2c(c1)[nH]c(=O)n2C)c1nc2ccccc2[nH]1. The van der Waals surface area contributed by atoms with Gasteiger partial charge in [-0.1, -0.05) is 12.1 Å². The summed E-state index contributed by atoms with van der Waals surface area (Å²) < 4.78 is 1.51. The molecule has 3 N–H and O–H groups in total. The van der Waals surface area contributed by atoms with Gasteiger partial charge in [0.25, 0.3) is 5.91 Å². The summed E-state index contributed by atoms with van der Waals surface area (Å²) in [4.78, 5) is 34.6. The van der Waals surface area contributed by atoms with Crippen molar-refractivity contribution >= 4 is 28.0 Å². The predicted molar refractivity (Wildman–Crippen MR) is 95.5 cm³/mol. The van der Waals surface area contributed by atoms with Crippen LogP contribution in [0, 0.1) is 0 Å². The van der Waals surface area contributed by atoms with Crippen molar-refractivity contribution in [2.75, 3.05) is 0 Å². The number of amides is 1. The topological polar surface area (TPSA) is 95.6 Å². The number of carbonyl (C=O) groups excluding carboxylic acids is 1. The second kappa shape index (κ2) is 5.62. The second-order valence-electron chi connectivity index (χ2n) is 6.06. The summed E-state index contributed by atoms with van der Waals surface area (Å²) in [5.41, 5.74) is 3.47. The standard InChI is InChI=1S/C18H17N5O2/c1-10(16-20-12-5-3-4-6-13(12)21-16)19-17(24)11-7-8-15-14(9-11)22-18(25)23(15)2/h3-10H,1-2H3,(H,19,24)(H,20,21)(H,22,25)/t10-/m0/s1. The molecule has 7 heteroatoms. The van der Waals surface area contributed by atoms with Crippen molar-refractivity contribution in [2.24, 2.45) is 7.05 Å². The van der Waals surface area contributed by atoms with Crippen LogP contribution in [0.3, 0.4) is 0 Å². The van der Waals surface area contributed by atoms with Gasteiger partial charge in [0, 0.05) is 12.6 Å². The van der Waals surface area contributed by atoms with Gasteiger partial charge in [-0.25, -0.2) is 9.78 Å². The van der Waals surface area contributed by atoms with E-state index in [1.807, 2.05) is 31.2 Å². The first-order valence-electron chi connectivity index (χ1n) is 7.97. The molecule has 0 unspecified atom stereocenters. The van der Waals surface area contributed by atoms with Gasteiger partial charge in [0.15, 0.2) is 0 Å². The average molecular weight is 335 g/mol. The van der Waals surface area contributed by atoms with Gasteiger partial charge in [0.05, 0.1) is 28.1 Å². The third-order valence-corrected chi connectivity index (χ3v) is 4.33. The molecule has 0 aliphatic heterocycles. The Labute approximate surface area is 142 Å². The van der Waals surface area contributed by atoms with Crippen LogP contribution in [-0.2, 0) is 7.05 Å². The predicted octanol–water partition coefficient (Wildman–Crippen LogP) is 2.23. The van der Waals surface area contributed by atoms with Gasteiger partial charge in [-0.15, -0.1) is 0 Å². The van der Waals surface area contributed by atoms with Gasteiger partial charge in [-0.3, -0.25) is 9.36 Å². The van der Waals surface area contributed by atoms with Crippen LogP contribution >= 0.6 is 0 Å². The molecule has 0 saturated heterocycles. The first-order valence-corrected chi connectivity index (χ1v) is 7.97. The molecule has 2 aromatic heterocycles. The van der Waals surface area contributed by atoms with E-state index in [9.17, 15) is 9.59 Å². The van der Waals surface area contributed by atoms with Crippen LogP contribution in [0.5, 0.6) is 0 Å². The molecule has 2 aromatic carbocycles. The number of aromatic amines is 2. The molecule has 4 rings (SSSR count). The van der Waals surface area contributed by atoms with Crippen molar-refractivity contribution in [1.29, 1.82) is 0 Å². The van der Waals surface area contributed by atoms with Crippen molar-refractivity contribution in [3.63, 3.8) is 0 Å². The Morgan fingerprint density at radius 1 is 1.16 bits per heavy atom. The van der Waals surface area contributed by atoms with E-state index in [-0.39, 0.29) is 17.6 Å². The van der Waals surface area contributed by atoms with Gasteiger partial charge in [-0.05, 0) is 37.3 Å². The maximum atomic E-state index is 12.5.